The predicted octanol–water partition coefficient (Wildman–Crippen LogP) is 5.85. The van der Waals surface area contributed by atoms with E-state index in [0.717, 1.165) is 23.0 Å². The molecule has 0 amide bonds. The first-order valence-electron chi connectivity index (χ1n) is 14.4. The number of carbonyl (C=O) groups excluding carboxylic acids is 1. The van der Waals surface area contributed by atoms with E-state index < -0.39 is 13.7 Å². The molecule has 1 aliphatic heterocycles. The third kappa shape index (κ3) is 6.20. The summed E-state index contributed by atoms with van der Waals surface area (Å²) in [4.78, 5) is 27.0. The van der Waals surface area contributed by atoms with Crippen molar-refractivity contribution in [3.8, 4) is 23.2 Å². The number of anilines is 3. The molecule has 5 rings (SSSR count). The fourth-order valence-electron chi connectivity index (χ4n) is 4.84. The lowest BCUT2D eigenvalue weighted by Gasteiger charge is -2.39. The van der Waals surface area contributed by atoms with Crippen LogP contribution in [0, 0.1) is 17.2 Å². The lowest BCUT2D eigenvalue weighted by molar-refractivity contribution is 0.219. The van der Waals surface area contributed by atoms with Crippen molar-refractivity contribution in [2.75, 3.05) is 29.9 Å². The lowest BCUT2D eigenvalue weighted by Crippen LogP contribution is -2.46. The van der Waals surface area contributed by atoms with Gasteiger partial charge in [0.1, 0.15) is 17.9 Å². The molecule has 1 atom stereocenters. The van der Waals surface area contributed by atoms with E-state index in [1.54, 1.807) is 12.4 Å². The predicted molar refractivity (Wildman–Crippen MR) is 168 cm³/mol. The summed E-state index contributed by atoms with van der Waals surface area (Å²) in [5, 5.41) is 13.5. The number of benzene rings is 1. The highest BCUT2D eigenvalue weighted by Gasteiger charge is 2.44. The molecule has 3 aromatic rings. The van der Waals surface area contributed by atoms with E-state index >= 15 is 0 Å². The summed E-state index contributed by atoms with van der Waals surface area (Å²) < 4.78 is 12.6. The van der Waals surface area contributed by atoms with Gasteiger partial charge in [-0.25, -0.2) is 15.0 Å². The van der Waals surface area contributed by atoms with Gasteiger partial charge in [-0.2, -0.15) is 5.26 Å². The standard InChI is InChI=1S/C31H38BN6O3Si/c1-30(2,3)42(5,6)41-19-31(4)18-38(32-20-39)27-23(16-33)14-22(15-24(27)31)25-11-13-35-29(36-25)37-26-8-7-12-34-28(26)40-17-21-9-10-21/h7-8,11-15,20-21H,9-10,17-19H2,1-6H3,(H,35,36,37)/t31-/m1/s1. The summed E-state index contributed by atoms with van der Waals surface area (Å²) in [5.74, 6) is 1.52. The van der Waals surface area contributed by atoms with Crippen LogP contribution in [0.5, 0.6) is 5.88 Å². The smallest absolute Gasteiger partial charge is 0.329 e. The molecule has 0 bridgehead atoms. The molecule has 1 aromatic carbocycles. The van der Waals surface area contributed by atoms with Crippen LogP contribution in [0.4, 0.5) is 17.3 Å². The van der Waals surface area contributed by atoms with Crippen molar-refractivity contribution in [2.24, 2.45) is 5.92 Å². The Hall–Kier alpha value is -3.75. The minimum atomic E-state index is -2.05. The zero-order chi connectivity index (χ0) is 30.1. The number of nitriles is 1. The quantitative estimate of drug-likeness (QED) is 0.220. The van der Waals surface area contributed by atoms with Crippen molar-refractivity contribution in [1.82, 2.24) is 15.0 Å². The SMILES string of the molecule is CC(C)(C)[Si](C)(C)OC[C@@]1(C)CN([B]C=O)c2c(C#N)cc(-c3ccnc(Nc4cccnc4OCC4CC4)n3)cc21. The molecule has 1 radical (unpaired) electrons. The van der Waals surface area contributed by atoms with Crippen LogP contribution in [0.1, 0.15) is 51.7 Å². The second-order valence-corrected chi connectivity index (χ2v) is 17.9. The maximum Gasteiger partial charge on any atom is 0.329 e. The molecule has 0 saturated heterocycles. The van der Waals surface area contributed by atoms with Crippen LogP contribution in [0.3, 0.4) is 0 Å². The Morgan fingerprint density at radius 1 is 1.24 bits per heavy atom. The van der Waals surface area contributed by atoms with E-state index in [1.165, 1.54) is 20.3 Å². The summed E-state index contributed by atoms with van der Waals surface area (Å²) in [6.07, 6.45) is 6.55. The first kappa shape index (κ1) is 29.7. The zero-order valence-electron chi connectivity index (χ0n) is 25.3. The van der Waals surface area contributed by atoms with Gasteiger partial charge in [0.25, 0.3) is 0 Å². The number of nitrogens with zero attached hydrogens (tertiary/aromatic N) is 5. The normalized spacial score (nSPS) is 18.3. The molecule has 2 aromatic heterocycles. The summed E-state index contributed by atoms with van der Waals surface area (Å²) in [7, 11) is -0.546. The molecule has 0 spiro atoms. The number of hydrogen-bond acceptors (Lipinski definition) is 9. The van der Waals surface area contributed by atoms with Crippen molar-refractivity contribution < 1.29 is 14.0 Å². The highest BCUT2D eigenvalue weighted by molar-refractivity contribution is 6.74. The Kier molecular flexibility index (Phi) is 8.14. The summed E-state index contributed by atoms with van der Waals surface area (Å²) in [6, 6.07) is 11.8. The molecule has 3 heterocycles. The highest BCUT2D eigenvalue weighted by atomic mass is 28.4. The number of hydrogen-bond donors (Lipinski definition) is 1. The second-order valence-electron chi connectivity index (χ2n) is 13.1. The Labute approximate surface area is 250 Å². The first-order valence-corrected chi connectivity index (χ1v) is 17.3. The van der Waals surface area contributed by atoms with Gasteiger partial charge in [-0.15, -0.1) is 0 Å². The Morgan fingerprint density at radius 2 is 2.02 bits per heavy atom. The number of rotatable bonds is 11. The van der Waals surface area contributed by atoms with Crippen molar-refractivity contribution in [1.29, 1.82) is 5.26 Å². The van der Waals surface area contributed by atoms with Gasteiger partial charge in [-0.3, -0.25) is 0 Å². The molecule has 9 nitrogen and oxygen atoms in total. The highest BCUT2D eigenvalue weighted by Crippen LogP contribution is 2.46. The van der Waals surface area contributed by atoms with E-state index in [4.69, 9.17) is 14.1 Å². The fraction of sp³-hybridized carbons (Fsp3) is 0.452. The van der Waals surface area contributed by atoms with Crippen LogP contribution in [0.2, 0.25) is 18.1 Å². The minimum absolute atomic E-state index is 0.0561. The average molecular weight is 582 g/mol. The summed E-state index contributed by atoms with van der Waals surface area (Å²) >= 11 is 0. The van der Waals surface area contributed by atoms with Gasteiger partial charge in [-0.1, -0.05) is 27.7 Å². The summed E-state index contributed by atoms with van der Waals surface area (Å²) in [5.41, 5.74) is 3.90. The number of carbonyl (C=O) groups is 1. The maximum atomic E-state index is 11.6. The largest absolute Gasteiger partial charge is 0.476 e. The zero-order valence-corrected chi connectivity index (χ0v) is 26.3. The molecule has 42 heavy (non-hydrogen) atoms. The molecule has 1 saturated carbocycles. The van der Waals surface area contributed by atoms with Crippen LogP contribution in [-0.4, -0.2) is 56.6 Å². The van der Waals surface area contributed by atoms with Crippen LogP contribution in [0.25, 0.3) is 11.3 Å². The van der Waals surface area contributed by atoms with E-state index in [1.807, 2.05) is 29.1 Å². The van der Waals surface area contributed by atoms with Gasteiger partial charge in [0, 0.05) is 42.2 Å². The van der Waals surface area contributed by atoms with Crippen LogP contribution in [0.15, 0.2) is 42.7 Å². The van der Waals surface area contributed by atoms with E-state index in [2.05, 4.69) is 68.2 Å². The van der Waals surface area contributed by atoms with Gasteiger partial charge < -0.3 is 24.1 Å². The summed E-state index contributed by atoms with van der Waals surface area (Å²) in [6.45, 7) is 14.9. The van der Waals surface area contributed by atoms with Crippen molar-refractivity contribution in [3.63, 3.8) is 0 Å². The molecule has 1 fully saturated rings. The fourth-order valence-corrected chi connectivity index (χ4v) is 5.95. The third-order valence-electron chi connectivity index (χ3n) is 8.61. The van der Waals surface area contributed by atoms with Gasteiger partial charge in [0.05, 0.1) is 17.9 Å². The van der Waals surface area contributed by atoms with Gasteiger partial charge in [0.2, 0.25) is 11.8 Å². The first-order chi connectivity index (χ1) is 19.9. The molecular formula is C31H38BN6O3Si. The van der Waals surface area contributed by atoms with E-state index in [-0.39, 0.29) is 5.04 Å². The number of nitrogens with one attached hydrogen (secondary N) is 1. The minimum Gasteiger partial charge on any atom is -0.476 e. The van der Waals surface area contributed by atoms with E-state index in [9.17, 15) is 10.1 Å². The Morgan fingerprint density at radius 3 is 2.71 bits per heavy atom. The Balaban J connectivity index is 1.48. The molecular weight excluding hydrogens is 543 g/mol. The number of fused-ring (bicyclic) bond motifs is 1. The van der Waals surface area contributed by atoms with Gasteiger partial charge in [0.15, 0.2) is 8.32 Å². The topological polar surface area (TPSA) is 113 Å². The van der Waals surface area contributed by atoms with E-state index in [0.29, 0.717) is 54.4 Å². The average Bonchev–Trinajstić information content (AvgIpc) is 3.74. The third-order valence-corrected chi connectivity index (χ3v) is 13.1. The monoisotopic (exact) mass is 581 g/mol. The molecule has 2 aliphatic rings. The van der Waals surface area contributed by atoms with Crippen LogP contribution in [-0.2, 0) is 14.6 Å². The maximum absolute atomic E-state index is 11.6. The van der Waals surface area contributed by atoms with Gasteiger partial charge >= 0.3 is 7.41 Å². The second kappa shape index (κ2) is 11.5. The van der Waals surface area contributed by atoms with Crippen LogP contribution >= 0.6 is 0 Å². The van der Waals surface area contributed by atoms with Crippen molar-refractivity contribution >= 4 is 39.2 Å². The lowest BCUT2D eigenvalue weighted by atomic mass is 9.83. The van der Waals surface area contributed by atoms with Crippen molar-refractivity contribution in [3.05, 3.63) is 53.9 Å². The van der Waals surface area contributed by atoms with Crippen molar-refractivity contribution in [2.45, 2.75) is 64.1 Å². The molecule has 1 aliphatic carbocycles. The van der Waals surface area contributed by atoms with Crippen LogP contribution < -0.4 is 14.9 Å². The van der Waals surface area contributed by atoms with Gasteiger partial charge in [-0.05, 0) is 72.8 Å². The molecule has 217 valence electrons. The number of ether oxygens (including phenoxy) is 1. The molecule has 11 heteroatoms. The molecule has 1 N–H and O–H groups in total. The number of aromatic nitrogens is 3. The number of pyridine rings is 1. The molecule has 0 unspecified atom stereocenters. The Bertz CT molecular complexity index is 1520.